The van der Waals surface area contributed by atoms with Crippen molar-refractivity contribution in [3.8, 4) is 0 Å². The number of nitrogens with one attached hydrogen (secondary N) is 3. The van der Waals surface area contributed by atoms with Crippen molar-refractivity contribution in [2.24, 2.45) is 5.73 Å². The lowest BCUT2D eigenvalue weighted by atomic mass is 9.90. The van der Waals surface area contributed by atoms with E-state index in [2.05, 4.69) is 16.0 Å². The van der Waals surface area contributed by atoms with Gasteiger partial charge in [-0.1, -0.05) is 12.8 Å². The minimum Gasteiger partial charge on any atom is -0.351 e. The van der Waals surface area contributed by atoms with Crippen LogP contribution in [0.3, 0.4) is 0 Å². The summed E-state index contributed by atoms with van der Waals surface area (Å²) in [7, 11) is 0. The predicted molar refractivity (Wildman–Crippen MR) is 81.8 cm³/mol. The Morgan fingerprint density at radius 3 is 2.33 bits per heavy atom. The van der Waals surface area contributed by atoms with E-state index in [0.29, 0.717) is 6.54 Å². The van der Waals surface area contributed by atoms with Crippen LogP contribution in [0.4, 0.5) is 4.79 Å². The second-order valence-corrected chi connectivity index (χ2v) is 6.36. The van der Waals surface area contributed by atoms with Crippen LogP contribution in [0.5, 0.6) is 0 Å². The summed E-state index contributed by atoms with van der Waals surface area (Å²) >= 11 is 0. The lowest BCUT2D eigenvalue weighted by Crippen LogP contribution is -2.60. The van der Waals surface area contributed by atoms with E-state index in [-0.39, 0.29) is 24.0 Å². The van der Waals surface area contributed by atoms with Gasteiger partial charge in [0, 0.05) is 18.6 Å². The van der Waals surface area contributed by atoms with Gasteiger partial charge in [-0.15, -0.1) is 0 Å². The van der Waals surface area contributed by atoms with Crippen LogP contribution in [0, 0.1) is 0 Å². The maximum absolute atomic E-state index is 12.7. The summed E-state index contributed by atoms with van der Waals surface area (Å²) in [5.41, 5.74) is 5.17. The van der Waals surface area contributed by atoms with Crippen molar-refractivity contribution in [1.29, 1.82) is 0 Å². The molecule has 6 heteroatoms. The van der Waals surface area contributed by atoms with Gasteiger partial charge in [0.05, 0.1) is 0 Å². The molecule has 0 heterocycles. The van der Waals surface area contributed by atoms with Gasteiger partial charge >= 0.3 is 6.03 Å². The Labute approximate surface area is 126 Å². The minimum atomic E-state index is -0.723. The Morgan fingerprint density at radius 2 is 1.76 bits per heavy atom. The summed E-state index contributed by atoms with van der Waals surface area (Å²) in [6.07, 6.45) is 7.20. The molecular weight excluding hydrogens is 268 g/mol. The third kappa shape index (κ3) is 4.09. The maximum Gasteiger partial charge on any atom is 0.315 e. The molecule has 6 nitrogen and oxygen atoms in total. The van der Waals surface area contributed by atoms with E-state index in [4.69, 9.17) is 5.73 Å². The van der Waals surface area contributed by atoms with Gasteiger partial charge in [-0.3, -0.25) is 4.79 Å². The highest BCUT2D eigenvalue weighted by atomic mass is 16.2. The second-order valence-electron chi connectivity index (χ2n) is 6.36. The molecule has 0 aromatic heterocycles. The smallest absolute Gasteiger partial charge is 0.315 e. The average molecular weight is 296 g/mol. The molecule has 2 fully saturated rings. The Morgan fingerprint density at radius 1 is 1.14 bits per heavy atom. The number of amides is 3. The van der Waals surface area contributed by atoms with Gasteiger partial charge in [0.2, 0.25) is 5.91 Å². The molecule has 3 amide bonds. The highest BCUT2D eigenvalue weighted by Crippen LogP contribution is 2.30. The summed E-state index contributed by atoms with van der Waals surface area (Å²) in [4.78, 5) is 24.5. The predicted octanol–water partition coefficient (Wildman–Crippen LogP) is 1.00. The fraction of sp³-hybridized carbons (Fsp3) is 0.867. The molecule has 21 heavy (non-hydrogen) atoms. The number of hydrogen-bond acceptors (Lipinski definition) is 3. The quantitative estimate of drug-likeness (QED) is 0.623. The van der Waals surface area contributed by atoms with E-state index in [1.165, 1.54) is 0 Å². The lowest BCUT2D eigenvalue weighted by Gasteiger charge is -2.33. The Balaban J connectivity index is 1.94. The molecule has 0 aromatic rings. The van der Waals surface area contributed by atoms with Crippen molar-refractivity contribution in [2.45, 2.75) is 75.9 Å². The molecule has 5 N–H and O–H groups in total. The van der Waals surface area contributed by atoms with Crippen LogP contribution in [-0.2, 0) is 4.79 Å². The van der Waals surface area contributed by atoms with Gasteiger partial charge < -0.3 is 21.7 Å². The number of carbonyl (C=O) groups excluding carboxylic acids is 2. The summed E-state index contributed by atoms with van der Waals surface area (Å²) in [6.45, 7) is 2.43. The first-order chi connectivity index (χ1) is 10.1. The van der Waals surface area contributed by atoms with Gasteiger partial charge in [0.1, 0.15) is 5.54 Å². The van der Waals surface area contributed by atoms with Crippen LogP contribution in [0.25, 0.3) is 0 Å². The number of rotatable bonds is 4. The third-order valence-electron chi connectivity index (χ3n) is 4.69. The van der Waals surface area contributed by atoms with Crippen molar-refractivity contribution >= 4 is 11.9 Å². The molecule has 0 aliphatic heterocycles. The van der Waals surface area contributed by atoms with Gasteiger partial charge in [-0.2, -0.15) is 0 Å². The molecule has 0 aromatic carbocycles. The van der Waals surface area contributed by atoms with Crippen LogP contribution in [-0.4, -0.2) is 36.1 Å². The molecule has 2 saturated carbocycles. The number of carbonyl (C=O) groups is 2. The van der Waals surface area contributed by atoms with Gasteiger partial charge in [-0.05, 0) is 45.4 Å². The van der Waals surface area contributed by atoms with E-state index in [9.17, 15) is 9.59 Å². The van der Waals surface area contributed by atoms with Crippen molar-refractivity contribution < 1.29 is 9.59 Å². The standard InChI is InChI=1S/C15H28N4O2/c1-2-17-14(21)19-15(9-3-4-10-15)13(20)18-12-7-5-11(16)6-8-12/h11-12H,2-10,16H2,1H3,(H,18,20)(H2,17,19,21). The molecule has 0 atom stereocenters. The van der Waals surface area contributed by atoms with Gasteiger partial charge in [0.25, 0.3) is 0 Å². The highest BCUT2D eigenvalue weighted by Gasteiger charge is 2.43. The van der Waals surface area contributed by atoms with E-state index < -0.39 is 5.54 Å². The Kier molecular flexibility index (Phi) is 5.45. The van der Waals surface area contributed by atoms with Crippen molar-refractivity contribution in [1.82, 2.24) is 16.0 Å². The Hall–Kier alpha value is -1.30. The fourth-order valence-corrected chi connectivity index (χ4v) is 3.40. The number of nitrogens with two attached hydrogens (primary N) is 1. The highest BCUT2D eigenvalue weighted by molar-refractivity contribution is 5.91. The van der Waals surface area contributed by atoms with Crippen molar-refractivity contribution in [3.63, 3.8) is 0 Å². The van der Waals surface area contributed by atoms with E-state index in [1.54, 1.807) is 0 Å². The normalized spacial score (nSPS) is 27.9. The largest absolute Gasteiger partial charge is 0.351 e. The average Bonchev–Trinajstić information content (AvgIpc) is 2.91. The molecular formula is C15H28N4O2. The summed E-state index contributed by atoms with van der Waals surface area (Å²) < 4.78 is 0. The summed E-state index contributed by atoms with van der Waals surface area (Å²) in [6, 6.07) is 0.220. The zero-order chi connectivity index (χ0) is 15.3. The van der Waals surface area contributed by atoms with Crippen LogP contribution >= 0.6 is 0 Å². The van der Waals surface area contributed by atoms with Crippen LogP contribution in [0.1, 0.15) is 58.3 Å². The summed E-state index contributed by atoms with van der Waals surface area (Å²) in [5.74, 6) is -0.0216. The van der Waals surface area contributed by atoms with Gasteiger partial charge in [-0.25, -0.2) is 4.79 Å². The molecule has 120 valence electrons. The van der Waals surface area contributed by atoms with E-state index in [1.807, 2.05) is 6.92 Å². The molecule has 2 aliphatic rings. The molecule has 2 aliphatic carbocycles. The first-order valence-corrected chi connectivity index (χ1v) is 8.18. The fourth-order valence-electron chi connectivity index (χ4n) is 3.40. The summed E-state index contributed by atoms with van der Waals surface area (Å²) in [5, 5.41) is 8.75. The monoisotopic (exact) mass is 296 g/mol. The first-order valence-electron chi connectivity index (χ1n) is 8.18. The molecule has 0 unspecified atom stereocenters. The SMILES string of the molecule is CCNC(=O)NC1(C(=O)NC2CCC(N)CC2)CCCC1. The molecule has 0 radical (unpaired) electrons. The maximum atomic E-state index is 12.7. The first kappa shape index (κ1) is 16.1. The van der Waals surface area contributed by atoms with Crippen LogP contribution in [0.15, 0.2) is 0 Å². The zero-order valence-corrected chi connectivity index (χ0v) is 12.9. The second kappa shape index (κ2) is 7.11. The number of hydrogen-bond donors (Lipinski definition) is 4. The van der Waals surface area contributed by atoms with E-state index in [0.717, 1.165) is 51.4 Å². The van der Waals surface area contributed by atoms with Crippen LogP contribution in [0.2, 0.25) is 0 Å². The third-order valence-corrected chi connectivity index (χ3v) is 4.69. The van der Waals surface area contributed by atoms with Gasteiger partial charge in [0.15, 0.2) is 0 Å². The number of urea groups is 1. The van der Waals surface area contributed by atoms with E-state index >= 15 is 0 Å². The molecule has 2 rings (SSSR count). The molecule has 0 spiro atoms. The minimum absolute atomic E-state index is 0.0216. The molecule has 0 saturated heterocycles. The van der Waals surface area contributed by atoms with Crippen LogP contribution < -0.4 is 21.7 Å². The van der Waals surface area contributed by atoms with Crippen molar-refractivity contribution in [3.05, 3.63) is 0 Å². The lowest BCUT2D eigenvalue weighted by molar-refractivity contribution is -0.128. The topological polar surface area (TPSA) is 96.2 Å². The zero-order valence-electron chi connectivity index (χ0n) is 12.9. The van der Waals surface area contributed by atoms with Crippen molar-refractivity contribution in [2.75, 3.05) is 6.54 Å². The molecule has 0 bridgehead atoms. The Bertz CT molecular complexity index is 372.